The number of unbranched alkanes of at least 4 members (excludes halogenated alkanes) is 1. The van der Waals surface area contributed by atoms with Crippen LogP contribution in [0.2, 0.25) is 0 Å². The van der Waals surface area contributed by atoms with Gasteiger partial charge in [-0.3, -0.25) is 19.2 Å². The van der Waals surface area contributed by atoms with E-state index in [2.05, 4.69) is 21.3 Å². The summed E-state index contributed by atoms with van der Waals surface area (Å²) in [5.74, 6) is -3.90. The molecule has 4 amide bonds. The van der Waals surface area contributed by atoms with Crippen molar-refractivity contribution >= 4 is 41.4 Å². The van der Waals surface area contributed by atoms with Crippen LogP contribution < -0.4 is 32.7 Å². The second-order valence-electron chi connectivity index (χ2n) is 8.78. The van der Waals surface area contributed by atoms with Gasteiger partial charge in [-0.25, -0.2) is 4.79 Å². The zero-order valence-corrected chi connectivity index (χ0v) is 22.2. The first-order valence-corrected chi connectivity index (χ1v) is 13.3. The van der Waals surface area contributed by atoms with Crippen molar-refractivity contribution in [2.45, 2.75) is 76.7 Å². The lowest BCUT2D eigenvalue weighted by molar-refractivity contribution is -0.142. The number of carboxylic acid groups (broad SMARTS) is 1. The lowest BCUT2D eigenvalue weighted by Crippen LogP contribution is -2.59. The van der Waals surface area contributed by atoms with Crippen molar-refractivity contribution in [2.75, 3.05) is 25.2 Å². The standard InChI is InChI=1S/C22H42N6O7S/c1-12(2)17(21(33)26-15(22(34)35)8-10-36-4)28-20(32)16(11-29)27-18(30)13(3)25-19(31)14(24)7-5-6-9-23/h12-17,29H,5-11,23-24H2,1-4H3,(H,25,31)(H,26,33)(H,27,30)(H,28,32)(H,34,35)/t13-,14-,15-,16-,17-/m0/s1. The number of amides is 4. The molecular weight excluding hydrogens is 492 g/mol. The van der Waals surface area contributed by atoms with E-state index in [1.54, 1.807) is 13.8 Å². The molecular formula is C22H42N6O7S. The highest BCUT2D eigenvalue weighted by Crippen LogP contribution is 2.06. The minimum atomic E-state index is -1.41. The van der Waals surface area contributed by atoms with Gasteiger partial charge in [-0.2, -0.15) is 11.8 Å². The summed E-state index contributed by atoms with van der Waals surface area (Å²) >= 11 is 1.43. The van der Waals surface area contributed by atoms with E-state index in [0.717, 1.165) is 0 Å². The monoisotopic (exact) mass is 534 g/mol. The van der Waals surface area contributed by atoms with Gasteiger partial charge in [0.15, 0.2) is 0 Å². The Morgan fingerprint density at radius 2 is 1.44 bits per heavy atom. The van der Waals surface area contributed by atoms with E-state index in [4.69, 9.17) is 11.5 Å². The second kappa shape index (κ2) is 17.9. The zero-order valence-electron chi connectivity index (χ0n) is 21.4. The number of thioether (sulfide) groups is 1. The van der Waals surface area contributed by atoms with Crippen molar-refractivity contribution in [2.24, 2.45) is 17.4 Å². The molecule has 0 radical (unpaired) electrons. The van der Waals surface area contributed by atoms with Crippen LogP contribution in [0, 0.1) is 5.92 Å². The maximum Gasteiger partial charge on any atom is 0.326 e. The number of carbonyl (C=O) groups excluding carboxylic acids is 4. The van der Waals surface area contributed by atoms with Gasteiger partial charge in [0, 0.05) is 0 Å². The molecule has 0 aliphatic heterocycles. The van der Waals surface area contributed by atoms with Gasteiger partial charge in [0.05, 0.1) is 12.6 Å². The van der Waals surface area contributed by atoms with Gasteiger partial charge in [-0.05, 0) is 50.7 Å². The molecule has 0 saturated heterocycles. The predicted molar refractivity (Wildman–Crippen MR) is 137 cm³/mol. The predicted octanol–water partition coefficient (Wildman–Crippen LogP) is -2.11. The van der Waals surface area contributed by atoms with Crippen LogP contribution in [-0.2, 0) is 24.0 Å². The molecule has 0 spiro atoms. The Labute approximate surface area is 216 Å². The largest absolute Gasteiger partial charge is 0.480 e. The number of aliphatic hydroxyl groups excluding tert-OH is 1. The fraction of sp³-hybridized carbons (Fsp3) is 0.773. The smallest absolute Gasteiger partial charge is 0.326 e. The van der Waals surface area contributed by atoms with Crippen molar-refractivity contribution < 1.29 is 34.2 Å². The normalized spacial score (nSPS) is 15.2. The van der Waals surface area contributed by atoms with E-state index in [9.17, 15) is 34.2 Å². The van der Waals surface area contributed by atoms with E-state index in [-0.39, 0.29) is 6.42 Å². The highest BCUT2D eigenvalue weighted by atomic mass is 32.2. The van der Waals surface area contributed by atoms with Crippen LogP contribution in [0.3, 0.4) is 0 Å². The molecule has 208 valence electrons. The number of carbonyl (C=O) groups is 5. The van der Waals surface area contributed by atoms with E-state index in [1.807, 2.05) is 6.26 Å². The van der Waals surface area contributed by atoms with Gasteiger partial charge in [0.25, 0.3) is 0 Å². The van der Waals surface area contributed by atoms with Crippen molar-refractivity contribution in [3.63, 3.8) is 0 Å². The lowest BCUT2D eigenvalue weighted by Gasteiger charge is -2.26. The SMILES string of the molecule is CSCC[C@H](NC(=O)[C@@H](NC(=O)[C@H](CO)NC(=O)[C@H](C)NC(=O)[C@@H](N)CCCCN)C(C)C)C(=O)O. The van der Waals surface area contributed by atoms with Gasteiger partial charge < -0.3 is 42.9 Å². The molecule has 0 rings (SSSR count). The third-order valence-electron chi connectivity index (χ3n) is 5.35. The number of hydrogen-bond acceptors (Lipinski definition) is 9. The second-order valence-corrected chi connectivity index (χ2v) is 9.76. The molecule has 13 nitrogen and oxygen atoms in total. The van der Waals surface area contributed by atoms with E-state index in [1.165, 1.54) is 18.7 Å². The number of carboxylic acids is 1. The Bertz CT molecular complexity index is 740. The van der Waals surface area contributed by atoms with Crippen molar-refractivity contribution in [3.05, 3.63) is 0 Å². The van der Waals surface area contributed by atoms with Crippen LogP contribution in [0.15, 0.2) is 0 Å². The van der Waals surface area contributed by atoms with Gasteiger partial charge >= 0.3 is 5.97 Å². The number of aliphatic hydroxyl groups is 1. The third-order valence-corrected chi connectivity index (χ3v) is 5.99. The molecule has 0 bridgehead atoms. The van der Waals surface area contributed by atoms with Crippen LogP contribution in [0.25, 0.3) is 0 Å². The molecule has 0 heterocycles. The highest BCUT2D eigenvalue weighted by molar-refractivity contribution is 7.98. The minimum absolute atomic E-state index is 0.205. The first-order valence-electron chi connectivity index (χ1n) is 11.9. The van der Waals surface area contributed by atoms with Gasteiger partial charge in [0.2, 0.25) is 23.6 Å². The number of nitrogens with two attached hydrogens (primary N) is 2. The summed E-state index contributed by atoms with van der Waals surface area (Å²) in [6, 6.07) is -5.50. The Balaban J connectivity index is 5.09. The summed E-state index contributed by atoms with van der Waals surface area (Å²) in [7, 11) is 0. The van der Waals surface area contributed by atoms with E-state index in [0.29, 0.717) is 31.6 Å². The van der Waals surface area contributed by atoms with Gasteiger partial charge in [0.1, 0.15) is 24.2 Å². The molecule has 0 aromatic heterocycles. The van der Waals surface area contributed by atoms with Crippen LogP contribution in [0.1, 0.15) is 46.5 Å². The molecule has 10 N–H and O–H groups in total. The molecule has 0 aliphatic carbocycles. The summed E-state index contributed by atoms with van der Waals surface area (Å²) < 4.78 is 0. The molecule has 0 unspecified atom stereocenters. The van der Waals surface area contributed by atoms with Gasteiger partial charge in [-0.1, -0.05) is 20.3 Å². The fourth-order valence-electron chi connectivity index (χ4n) is 3.06. The summed E-state index contributed by atoms with van der Waals surface area (Å²) in [5, 5.41) is 28.7. The molecule has 14 heteroatoms. The van der Waals surface area contributed by atoms with Crippen LogP contribution in [0.5, 0.6) is 0 Å². The van der Waals surface area contributed by atoms with Crippen LogP contribution in [-0.4, -0.2) is 95.2 Å². The first-order chi connectivity index (χ1) is 16.9. The van der Waals surface area contributed by atoms with Crippen molar-refractivity contribution in [1.82, 2.24) is 21.3 Å². The van der Waals surface area contributed by atoms with Gasteiger partial charge in [-0.15, -0.1) is 0 Å². The number of rotatable bonds is 18. The summed E-state index contributed by atoms with van der Waals surface area (Å²) in [4.78, 5) is 61.5. The molecule has 0 aromatic rings. The highest BCUT2D eigenvalue weighted by Gasteiger charge is 2.32. The average molecular weight is 535 g/mol. The molecule has 5 atom stereocenters. The summed E-state index contributed by atoms with van der Waals surface area (Å²) in [6.45, 7) is 4.42. The summed E-state index contributed by atoms with van der Waals surface area (Å²) in [5.41, 5.74) is 11.2. The Morgan fingerprint density at radius 1 is 0.833 bits per heavy atom. The summed E-state index contributed by atoms with van der Waals surface area (Å²) in [6.07, 6.45) is 3.79. The molecule has 0 aromatic carbocycles. The number of aliphatic carboxylic acids is 1. The molecule has 0 aliphatic rings. The lowest BCUT2D eigenvalue weighted by atomic mass is 10.0. The first kappa shape index (κ1) is 33.6. The number of hydrogen-bond donors (Lipinski definition) is 8. The Hall–Kier alpha value is -2.42. The molecule has 0 saturated carbocycles. The maximum atomic E-state index is 12.7. The van der Waals surface area contributed by atoms with Crippen LogP contribution in [0.4, 0.5) is 0 Å². The zero-order chi connectivity index (χ0) is 27.8. The van der Waals surface area contributed by atoms with Crippen molar-refractivity contribution in [3.8, 4) is 0 Å². The minimum Gasteiger partial charge on any atom is -0.480 e. The topological polar surface area (TPSA) is 226 Å². The molecule has 0 fully saturated rings. The quantitative estimate of drug-likeness (QED) is 0.0892. The van der Waals surface area contributed by atoms with E-state index >= 15 is 0 Å². The Morgan fingerprint density at radius 3 is 1.94 bits per heavy atom. The maximum absolute atomic E-state index is 12.7. The average Bonchev–Trinajstić information content (AvgIpc) is 2.82. The molecule has 36 heavy (non-hydrogen) atoms. The third kappa shape index (κ3) is 12.5. The fourth-order valence-corrected chi connectivity index (χ4v) is 3.53. The Kier molecular flexibility index (Phi) is 16.7. The van der Waals surface area contributed by atoms with Crippen LogP contribution >= 0.6 is 11.8 Å². The number of nitrogens with one attached hydrogen (secondary N) is 4. The van der Waals surface area contributed by atoms with E-state index < -0.39 is 72.3 Å². The van der Waals surface area contributed by atoms with Crippen molar-refractivity contribution in [1.29, 1.82) is 0 Å².